The Balaban J connectivity index is 1.95. The van der Waals surface area contributed by atoms with Crippen LogP contribution >= 0.6 is 11.6 Å². The molecule has 0 aliphatic carbocycles. The lowest BCUT2D eigenvalue weighted by Crippen LogP contribution is -2.15. The predicted octanol–water partition coefficient (Wildman–Crippen LogP) is 5.32. The van der Waals surface area contributed by atoms with Crippen LogP contribution in [0.2, 0.25) is 5.02 Å². The summed E-state index contributed by atoms with van der Waals surface area (Å²) in [5, 5.41) is 8.36. The van der Waals surface area contributed by atoms with Gasteiger partial charge in [0.15, 0.2) is 15.7 Å². The number of nitrogens with zero attached hydrogens (tertiary/aromatic N) is 2. The van der Waals surface area contributed by atoms with E-state index in [0.717, 1.165) is 0 Å². The molecule has 0 saturated carbocycles. The van der Waals surface area contributed by atoms with E-state index in [4.69, 9.17) is 16.3 Å². The highest BCUT2D eigenvalue weighted by Crippen LogP contribution is 2.33. The number of amides is 1. The predicted molar refractivity (Wildman–Crippen MR) is 139 cm³/mol. The largest absolute Gasteiger partial charge is 0.492 e. The molecule has 3 aromatic rings. The second kappa shape index (κ2) is 11.2. The second-order valence-corrected chi connectivity index (χ2v) is 10.4. The molecule has 1 amide bonds. The summed E-state index contributed by atoms with van der Waals surface area (Å²) < 4.78 is 31.3. The summed E-state index contributed by atoms with van der Waals surface area (Å²) in [6.45, 7) is 8.95. The fraction of sp³-hybridized carbons (Fsp3) is 0.208. The standard InChI is InChI=1S/C24H26ClN5O4S/c1-5-22(31)27-16-11-12-20(34-6-2)19(13-16)29-24-26-14-17(25)23(30-24)28-18-9-7-8-10-21(18)35(32,33)15(3)4/h5,7-15H,1,6H2,2-4H3,(H,27,31)(H2,26,28,29,30). The second-order valence-electron chi connectivity index (χ2n) is 7.57. The van der Waals surface area contributed by atoms with Crippen molar-refractivity contribution in [1.82, 2.24) is 9.97 Å². The molecule has 0 saturated heterocycles. The highest BCUT2D eigenvalue weighted by atomic mass is 35.5. The van der Waals surface area contributed by atoms with Crippen LogP contribution in [-0.4, -0.2) is 36.1 Å². The maximum atomic E-state index is 12.8. The van der Waals surface area contributed by atoms with Crippen LogP contribution in [0.15, 0.2) is 66.2 Å². The number of para-hydroxylation sites is 1. The molecule has 9 nitrogen and oxygen atoms in total. The van der Waals surface area contributed by atoms with Gasteiger partial charge in [0.1, 0.15) is 10.8 Å². The minimum absolute atomic E-state index is 0.142. The molecular weight excluding hydrogens is 490 g/mol. The number of rotatable bonds is 10. The van der Waals surface area contributed by atoms with Crippen molar-refractivity contribution in [3.63, 3.8) is 0 Å². The van der Waals surface area contributed by atoms with Gasteiger partial charge in [-0.25, -0.2) is 13.4 Å². The molecular formula is C24H26ClN5O4S. The number of sulfone groups is 1. The molecule has 1 aromatic heterocycles. The molecule has 35 heavy (non-hydrogen) atoms. The lowest BCUT2D eigenvalue weighted by atomic mass is 10.2. The number of aromatic nitrogens is 2. The first kappa shape index (κ1) is 26.0. The zero-order chi connectivity index (χ0) is 25.6. The number of hydrogen-bond donors (Lipinski definition) is 3. The van der Waals surface area contributed by atoms with Crippen molar-refractivity contribution >= 4 is 56.2 Å². The third-order valence-electron chi connectivity index (χ3n) is 4.79. The van der Waals surface area contributed by atoms with Gasteiger partial charge in [-0.15, -0.1) is 0 Å². The zero-order valence-corrected chi connectivity index (χ0v) is 21.1. The highest BCUT2D eigenvalue weighted by Gasteiger charge is 2.23. The van der Waals surface area contributed by atoms with Crippen molar-refractivity contribution in [3.8, 4) is 5.75 Å². The molecule has 0 atom stereocenters. The van der Waals surface area contributed by atoms with E-state index in [0.29, 0.717) is 29.4 Å². The number of anilines is 5. The Bertz CT molecular complexity index is 1350. The maximum Gasteiger partial charge on any atom is 0.247 e. The van der Waals surface area contributed by atoms with Crippen molar-refractivity contribution in [3.05, 3.63) is 66.3 Å². The Morgan fingerprint density at radius 2 is 1.91 bits per heavy atom. The summed E-state index contributed by atoms with van der Waals surface area (Å²) in [5.74, 6) is 0.550. The zero-order valence-electron chi connectivity index (χ0n) is 19.5. The third-order valence-corrected chi connectivity index (χ3v) is 7.28. The van der Waals surface area contributed by atoms with Crippen molar-refractivity contribution in [2.24, 2.45) is 0 Å². The molecule has 3 rings (SSSR count). The van der Waals surface area contributed by atoms with Crippen LogP contribution in [0.5, 0.6) is 5.75 Å². The van der Waals surface area contributed by atoms with Gasteiger partial charge in [0, 0.05) is 5.69 Å². The average Bonchev–Trinajstić information content (AvgIpc) is 2.83. The van der Waals surface area contributed by atoms with Gasteiger partial charge in [-0.05, 0) is 57.2 Å². The SMILES string of the molecule is C=CC(=O)Nc1ccc(OCC)c(Nc2ncc(Cl)c(Nc3ccccc3S(=O)(=O)C(C)C)n2)c1. The van der Waals surface area contributed by atoms with Crippen LogP contribution in [0.3, 0.4) is 0 Å². The monoisotopic (exact) mass is 515 g/mol. The molecule has 0 unspecified atom stereocenters. The Kier molecular flexibility index (Phi) is 8.31. The van der Waals surface area contributed by atoms with Crippen LogP contribution in [-0.2, 0) is 14.6 Å². The Morgan fingerprint density at radius 3 is 2.60 bits per heavy atom. The lowest BCUT2D eigenvalue weighted by Gasteiger charge is -2.16. The lowest BCUT2D eigenvalue weighted by molar-refractivity contribution is -0.111. The van der Waals surface area contributed by atoms with E-state index in [-0.39, 0.29) is 27.6 Å². The molecule has 1 heterocycles. The van der Waals surface area contributed by atoms with Gasteiger partial charge >= 0.3 is 0 Å². The number of carbonyl (C=O) groups is 1. The number of nitrogens with one attached hydrogen (secondary N) is 3. The van der Waals surface area contributed by atoms with Gasteiger partial charge in [0.05, 0.1) is 34.3 Å². The Labute approximate surface area is 209 Å². The van der Waals surface area contributed by atoms with E-state index in [1.165, 1.54) is 18.3 Å². The van der Waals surface area contributed by atoms with Gasteiger partial charge in [-0.1, -0.05) is 30.3 Å². The normalized spacial score (nSPS) is 11.1. The molecule has 0 spiro atoms. The minimum atomic E-state index is -3.55. The quantitative estimate of drug-likeness (QED) is 0.310. The Morgan fingerprint density at radius 1 is 1.17 bits per heavy atom. The van der Waals surface area contributed by atoms with Gasteiger partial charge in [-0.3, -0.25) is 4.79 Å². The highest BCUT2D eigenvalue weighted by molar-refractivity contribution is 7.92. The van der Waals surface area contributed by atoms with E-state index in [1.54, 1.807) is 50.2 Å². The van der Waals surface area contributed by atoms with Crippen LogP contribution < -0.4 is 20.7 Å². The van der Waals surface area contributed by atoms with Gasteiger partial charge in [-0.2, -0.15) is 4.98 Å². The van der Waals surface area contributed by atoms with E-state index < -0.39 is 15.1 Å². The molecule has 184 valence electrons. The first-order valence-electron chi connectivity index (χ1n) is 10.8. The summed E-state index contributed by atoms with van der Waals surface area (Å²) >= 11 is 6.31. The first-order chi connectivity index (χ1) is 16.6. The average molecular weight is 516 g/mol. The summed E-state index contributed by atoms with van der Waals surface area (Å²) in [6.07, 6.45) is 2.56. The number of hydrogen-bond acceptors (Lipinski definition) is 8. The Hall–Kier alpha value is -3.63. The molecule has 0 radical (unpaired) electrons. The van der Waals surface area contributed by atoms with Gasteiger partial charge in [0.25, 0.3) is 0 Å². The fourth-order valence-corrected chi connectivity index (χ4v) is 4.36. The van der Waals surface area contributed by atoms with E-state index in [1.807, 2.05) is 6.92 Å². The van der Waals surface area contributed by atoms with E-state index in [9.17, 15) is 13.2 Å². The molecule has 2 aromatic carbocycles. The maximum absolute atomic E-state index is 12.8. The molecule has 0 bridgehead atoms. The van der Waals surface area contributed by atoms with Crippen molar-refractivity contribution in [1.29, 1.82) is 0 Å². The van der Waals surface area contributed by atoms with Crippen LogP contribution in [0, 0.1) is 0 Å². The molecule has 0 aliphatic rings. The minimum Gasteiger partial charge on any atom is -0.492 e. The van der Waals surface area contributed by atoms with Gasteiger partial charge < -0.3 is 20.7 Å². The topological polar surface area (TPSA) is 122 Å². The molecule has 0 aliphatic heterocycles. The van der Waals surface area contributed by atoms with Crippen molar-refractivity contribution in [2.75, 3.05) is 22.6 Å². The van der Waals surface area contributed by atoms with E-state index in [2.05, 4.69) is 32.5 Å². The number of ether oxygens (including phenoxy) is 1. The van der Waals surface area contributed by atoms with Crippen molar-refractivity contribution < 1.29 is 17.9 Å². The van der Waals surface area contributed by atoms with Crippen LogP contribution in [0.4, 0.5) is 28.8 Å². The number of carbonyl (C=O) groups excluding carboxylic acids is 1. The van der Waals surface area contributed by atoms with Crippen LogP contribution in [0.25, 0.3) is 0 Å². The smallest absolute Gasteiger partial charge is 0.247 e. The van der Waals surface area contributed by atoms with Gasteiger partial charge in [0.2, 0.25) is 11.9 Å². The number of benzene rings is 2. The third kappa shape index (κ3) is 6.28. The summed E-state index contributed by atoms with van der Waals surface area (Å²) in [6, 6.07) is 11.6. The van der Waals surface area contributed by atoms with Crippen molar-refractivity contribution in [2.45, 2.75) is 30.9 Å². The molecule has 11 heteroatoms. The fourth-order valence-electron chi connectivity index (χ4n) is 3.02. The number of halogens is 1. The first-order valence-corrected chi connectivity index (χ1v) is 12.7. The van der Waals surface area contributed by atoms with E-state index >= 15 is 0 Å². The molecule has 0 fully saturated rings. The molecule has 3 N–H and O–H groups in total. The summed E-state index contributed by atoms with van der Waals surface area (Å²) in [4.78, 5) is 20.5. The summed E-state index contributed by atoms with van der Waals surface area (Å²) in [7, 11) is -3.55. The van der Waals surface area contributed by atoms with Crippen LogP contribution in [0.1, 0.15) is 20.8 Å². The summed E-state index contributed by atoms with van der Waals surface area (Å²) in [5.41, 5.74) is 1.36.